The molecule has 2 aliphatic heterocycles. The number of hydrogen-bond acceptors (Lipinski definition) is 2. The number of halogens is 1. The van der Waals surface area contributed by atoms with Gasteiger partial charge in [-0.15, -0.1) is 0 Å². The zero-order chi connectivity index (χ0) is 11.3. The first-order chi connectivity index (χ1) is 7.59. The third-order valence-corrected chi connectivity index (χ3v) is 4.28. The lowest BCUT2D eigenvalue weighted by atomic mass is 9.78. The van der Waals surface area contributed by atoms with Gasteiger partial charge in [0, 0.05) is 11.5 Å². The van der Waals surface area contributed by atoms with E-state index in [-0.39, 0.29) is 5.54 Å². The van der Waals surface area contributed by atoms with Crippen LogP contribution in [-0.4, -0.2) is 18.1 Å². The van der Waals surface area contributed by atoms with Gasteiger partial charge in [-0.1, -0.05) is 23.7 Å². The SMILES string of the molecule is CC1(C)NCCC2c3cccc(Cl)c3NC21. The number of nitrogens with one attached hydrogen (secondary N) is 2. The Morgan fingerprint density at radius 1 is 1.38 bits per heavy atom. The molecule has 2 atom stereocenters. The smallest absolute Gasteiger partial charge is 0.0640 e. The summed E-state index contributed by atoms with van der Waals surface area (Å²) >= 11 is 6.24. The lowest BCUT2D eigenvalue weighted by Gasteiger charge is -2.41. The molecule has 2 N–H and O–H groups in total. The quantitative estimate of drug-likeness (QED) is 0.724. The van der Waals surface area contributed by atoms with Gasteiger partial charge in [-0.25, -0.2) is 0 Å². The fraction of sp³-hybridized carbons (Fsp3) is 0.538. The molecule has 1 saturated heterocycles. The lowest BCUT2D eigenvalue weighted by molar-refractivity contribution is 0.256. The Bertz CT molecular complexity index is 428. The zero-order valence-corrected chi connectivity index (χ0v) is 10.4. The first-order valence-electron chi connectivity index (χ1n) is 5.89. The van der Waals surface area contributed by atoms with Crippen molar-refractivity contribution in [2.75, 3.05) is 11.9 Å². The summed E-state index contributed by atoms with van der Waals surface area (Å²) in [5.41, 5.74) is 2.67. The number of anilines is 1. The largest absolute Gasteiger partial charge is 0.378 e. The summed E-state index contributed by atoms with van der Waals surface area (Å²) in [6.45, 7) is 5.61. The highest BCUT2D eigenvalue weighted by Gasteiger charge is 2.44. The Labute approximate surface area is 101 Å². The summed E-state index contributed by atoms with van der Waals surface area (Å²) in [6, 6.07) is 6.68. The first kappa shape index (κ1) is 10.4. The maximum Gasteiger partial charge on any atom is 0.0640 e. The summed E-state index contributed by atoms with van der Waals surface area (Å²) in [7, 11) is 0. The van der Waals surface area contributed by atoms with E-state index in [0.29, 0.717) is 12.0 Å². The molecule has 0 radical (unpaired) electrons. The van der Waals surface area contributed by atoms with Crippen LogP contribution < -0.4 is 10.6 Å². The molecular weight excluding hydrogens is 220 g/mol. The van der Waals surface area contributed by atoms with Crippen LogP contribution in [0.25, 0.3) is 0 Å². The van der Waals surface area contributed by atoms with E-state index < -0.39 is 0 Å². The van der Waals surface area contributed by atoms with Gasteiger partial charge in [0.2, 0.25) is 0 Å². The standard InChI is InChI=1S/C13H17ClN2/c1-13(2)12-9(6-7-15-13)8-4-3-5-10(14)11(8)16-12/h3-5,9,12,15-16H,6-7H2,1-2H3. The molecule has 2 heterocycles. The minimum Gasteiger partial charge on any atom is -0.378 e. The molecule has 0 amide bonds. The minimum atomic E-state index is 0.130. The molecule has 1 fully saturated rings. The molecule has 2 nitrogen and oxygen atoms in total. The number of piperidine rings is 1. The van der Waals surface area contributed by atoms with Gasteiger partial charge in [-0.05, 0) is 38.4 Å². The Morgan fingerprint density at radius 2 is 2.19 bits per heavy atom. The molecule has 0 aromatic heterocycles. The van der Waals surface area contributed by atoms with Crippen molar-refractivity contribution in [3.63, 3.8) is 0 Å². The van der Waals surface area contributed by atoms with Crippen LogP contribution in [0.1, 0.15) is 31.7 Å². The van der Waals surface area contributed by atoms with Crippen LogP contribution in [0.2, 0.25) is 5.02 Å². The molecule has 0 bridgehead atoms. The van der Waals surface area contributed by atoms with E-state index in [2.05, 4.69) is 36.6 Å². The molecule has 2 aliphatic rings. The predicted molar refractivity (Wildman–Crippen MR) is 68.3 cm³/mol. The van der Waals surface area contributed by atoms with Crippen molar-refractivity contribution in [3.05, 3.63) is 28.8 Å². The topological polar surface area (TPSA) is 24.1 Å². The Balaban J connectivity index is 2.06. The van der Waals surface area contributed by atoms with Crippen molar-refractivity contribution in [1.82, 2.24) is 5.32 Å². The van der Waals surface area contributed by atoms with E-state index in [1.807, 2.05) is 6.07 Å². The number of rotatable bonds is 0. The van der Waals surface area contributed by atoms with Crippen molar-refractivity contribution in [2.24, 2.45) is 0 Å². The van der Waals surface area contributed by atoms with E-state index in [1.54, 1.807) is 0 Å². The van der Waals surface area contributed by atoms with E-state index >= 15 is 0 Å². The number of fused-ring (bicyclic) bond motifs is 3. The highest BCUT2D eigenvalue weighted by molar-refractivity contribution is 6.33. The van der Waals surface area contributed by atoms with Gasteiger partial charge < -0.3 is 10.6 Å². The Morgan fingerprint density at radius 3 is 3.00 bits per heavy atom. The van der Waals surface area contributed by atoms with Crippen molar-refractivity contribution >= 4 is 17.3 Å². The van der Waals surface area contributed by atoms with Gasteiger partial charge in [0.15, 0.2) is 0 Å². The van der Waals surface area contributed by atoms with Gasteiger partial charge >= 0.3 is 0 Å². The van der Waals surface area contributed by atoms with Crippen LogP contribution in [0.5, 0.6) is 0 Å². The van der Waals surface area contributed by atoms with Crippen LogP contribution >= 0.6 is 11.6 Å². The monoisotopic (exact) mass is 236 g/mol. The second-order valence-corrected chi connectivity index (χ2v) is 5.78. The average molecular weight is 237 g/mol. The van der Waals surface area contributed by atoms with Gasteiger partial charge in [-0.2, -0.15) is 0 Å². The van der Waals surface area contributed by atoms with Crippen molar-refractivity contribution in [3.8, 4) is 0 Å². The minimum absolute atomic E-state index is 0.130. The van der Waals surface area contributed by atoms with Gasteiger partial charge in [0.05, 0.1) is 16.8 Å². The molecule has 2 unspecified atom stereocenters. The molecule has 0 spiro atoms. The molecular formula is C13H17ClN2. The number of benzene rings is 1. The fourth-order valence-electron chi connectivity index (χ4n) is 3.10. The predicted octanol–water partition coefficient (Wildman–Crippen LogP) is 2.99. The molecule has 1 aromatic carbocycles. The van der Waals surface area contributed by atoms with E-state index in [1.165, 1.54) is 12.0 Å². The summed E-state index contributed by atoms with van der Waals surface area (Å²) in [5, 5.41) is 8.03. The Hall–Kier alpha value is -0.730. The van der Waals surface area contributed by atoms with E-state index in [9.17, 15) is 0 Å². The molecule has 3 rings (SSSR count). The number of para-hydroxylation sites is 1. The lowest BCUT2D eigenvalue weighted by Crippen LogP contribution is -2.57. The molecule has 0 aliphatic carbocycles. The zero-order valence-electron chi connectivity index (χ0n) is 9.68. The van der Waals surface area contributed by atoms with Crippen LogP contribution in [0.15, 0.2) is 18.2 Å². The summed E-state index contributed by atoms with van der Waals surface area (Å²) < 4.78 is 0. The van der Waals surface area contributed by atoms with Crippen molar-refractivity contribution < 1.29 is 0 Å². The maximum absolute atomic E-state index is 6.24. The molecule has 86 valence electrons. The second-order valence-electron chi connectivity index (χ2n) is 5.37. The molecule has 0 saturated carbocycles. The first-order valence-corrected chi connectivity index (χ1v) is 6.27. The van der Waals surface area contributed by atoms with Gasteiger partial charge in [0.1, 0.15) is 0 Å². The van der Waals surface area contributed by atoms with E-state index in [4.69, 9.17) is 11.6 Å². The van der Waals surface area contributed by atoms with Gasteiger partial charge in [-0.3, -0.25) is 0 Å². The van der Waals surface area contributed by atoms with Gasteiger partial charge in [0.25, 0.3) is 0 Å². The third kappa shape index (κ3) is 1.36. The van der Waals surface area contributed by atoms with Crippen LogP contribution in [0.3, 0.4) is 0 Å². The highest BCUT2D eigenvalue weighted by atomic mass is 35.5. The summed E-state index contributed by atoms with van der Waals surface area (Å²) in [5.74, 6) is 0.602. The molecule has 1 aromatic rings. The second kappa shape index (κ2) is 3.38. The van der Waals surface area contributed by atoms with Crippen LogP contribution in [0.4, 0.5) is 5.69 Å². The van der Waals surface area contributed by atoms with Crippen LogP contribution in [0, 0.1) is 0 Å². The maximum atomic E-state index is 6.24. The summed E-state index contributed by atoms with van der Waals surface area (Å²) in [4.78, 5) is 0. The molecule has 3 heteroatoms. The van der Waals surface area contributed by atoms with Crippen molar-refractivity contribution in [1.29, 1.82) is 0 Å². The fourth-order valence-corrected chi connectivity index (χ4v) is 3.34. The van der Waals surface area contributed by atoms with Crippen molar-refractivity contribution in [2.45, 2.75) is 37.8 Å². The third-order valence-electron chi connectivity index (χ3n) is 3.96. The summed E-state index contributed by atoms with van der Waals surface area (Å²) in [6.07, 6.45) is 1.19. The van der Waals surface area contributed by atoms with Crippen LogP contribution in [-0.2, 0) is 0 Å². The Kier molecular flexibility index (Phi) is 2.20. The normalized spacial score (nSPS) is 30.4. The molecule has 16 heavy (non-hydrogen) atoms. The highest BCUT2D eigenvalue weighted by Crippen LogP contribution is 2.46. The average Bonchev–Trinajstić information content (AvgIpc) is 2.60. The number of hydrogen-bond donors (Lipinski definition) is 2. The van der Waals surface area contributed by atoms with E-state index in [0.717, 1.165) is 17.3 Å².